The number of rotatable bonds is 4. The zero-order chi connectivity index (χ0) is 13.0. The van der Waals surface area contributed by atoms with Gasteiger partial charge in [0.05, 0.1) is 11.9 Å². The highest BCUT2D eigenvalue weighted by Crippen LogP contribution is 2.28. The van der Waals surface area contributed by atoms with Gasteiger partial charge in [0.2, 0.25) is 0 Å². The maximum Gasteiger partial charge on any atom is 0.128 e. The third-order valence-electron chi connectivity index (χ3n) is 4.00. The van der Waals surface area contributed by atoms with E-state index in [9.17, 15) is 0 Å². The number of pyridine rings is 1. The molecule has 1 N–H and O–H groups in total. The summed E-state index contributed by atoms with van der Waals surface area (Å²) < 4.78 is 0. The van der Waals surface area contributed by atoms with E-state index in [2.05, 4.69) is 29.4 Å². The number of nitrogens with zero attached hydrogens (tertiary/aromatic N) is 2. The number of anilines is 2. The fourth-order valence-electron chi connectivity index (χ4n) is 2.69. The summed E-state index contributed by atoms with van der Waals surface area (Å²) in [6, 6.07) is 4.84. The van der Waals surface area contributed by atoms with Gasteiger partial charge in [0.1, 0.15) is 5.82 Å². The molecule has 0 spiro atoms. The minimum Gasteiger partial charge on any atom is -0.381 e. The maximum atomic E-state index is 4.44. The molecule has 0 unspecified atom stereocenters. The van der Waals surface area contributed by atoms with Crippen LogP contribution in [0.3, 0.4) is 0 Å². The van der Waals surface area contributed by atoms with Crippen molar-refractivity contribution in [3.8, 4) is 0 Å². The summed E-state index contributed by atoms with van der Waals surface area (Å²) in [5.74, 6) is 1.97. The third kappa shape index (κ3) is 3.37. The van der Waals surface area contributed by atoms with Gasteiger partial charge in [-0.2, -0.15) is 0 Å². The molecule has 0 amide bonds. The summed E-state index contributed by atoms with van der Waals surface area (Å²) in [5.41, 5.74) is 1.15. The van der Waals surface area contributed by atoms with E-state index in [1.165, 1.54) is 32.1 Å². The van der Waals surface area contributed by atoms with Crippen molar-refractivity contribution in [2.45, 2.75) is 45.1 Å². The molecule has 1 saturated carbocycles. The molecule has 0 aliphatic heterocycles. The van der Waals surface area contributed by atoms with Gasteiger partial charge in [-0.1, -0.05) is 13.3 Å². The number of aromatic nitrogens is 1. The molecule has 18 heavy (non-hydrogen) atoms. The van der Waals surface area contributed by atoms with Gasteiger partial charge in [-0.25, -0.2) is 4.98 Å². The Morgan fingerprint density at radius 2 is 1.94 bits per heavy atom. The zero-order valence-electron chi connectivity index (χ0n) is 11.8. The maximum absolute atomic E-state index is 4.44. The molecule has 3 heteroatoms. The first-order valence-electron chi connectivity index (χ1n) is 7.09. The third-order valence-corrected chi connectivity index (χ3v) is 4.00. The molecule has 1 heterocycles. The van der Waals surface area contributed by atoms with E-state index in [0.29, 0.717) is 6.04 Å². The Balaban J connectivity index is 1.86. The van der Waals surface area contributed by atoms with Crippen LogP contribution < -0.4 is 10.2 Å². The van der Waals surface area contributed by atoms with Crippen molar-refractivity contribution in [3.05, 3.63) is 18.3 Å². The van der Waals surface area contributed by atoms with Crippen LogP contribution in [0.25, 0.3) is 0 Å². The molecular weight excluding hydrogens is 222 g/mol. The molecule has 1 aliphatic rings. The van der Waals surface area contributed by atoms with Crippen LogP contribution in [0.5, 0.6) is 0 Å². The van der Waals surface area contributed by atoms with Gasteiger partial charge >= 0.3 is 0 Å². The highest BCUT2D eigenvalue weighted by molar-refractivity contribution is 5.48. The molecule has 0 saturated heterocycles. The van der Waals surface area contributed by atoms with E-state index >= 15 is 0 Å². The molecule has 1 aromatic heterocycles. The van der Waals surface area contributed by atoms with Crippen LogP contribution in [0.15, 0.2) is 18.3 Å². The van der Waals surface area contributed by atoms with E-state index < -0.39 is 0 Å². The van der Waals surface area contributed by atoms with Gasteiger partial charge in [-0.05, 0) is 43.7 Å². The molecule has 1 fully saturated rings. The Kier molecular flexibility index (Phi) is 4.45. The van der Waals surface area contributed by atoms with Gasteiger partial charge in [0, 0.05) is 20.1 Å². The lowest BCUT2D eigenvalue weighted by Gasteiger charge is -2.29. The highest BCUT2D eigenvalue weighted by atomic mass is 15.1. The smallest absolute Gasteiger partial charge is 0.128 e. The van der Waals surface area contributed by atoms with Crippen molar-refractivity contribution in [2.75, 3.05) is 24.3 Å². The van der Waals surface area contributed by atoms with E-state index in [1.54, 1.807) is 0 Å². The molecule has 0 atom stereocenters. The van der Waals surface area contributed by atoms with Crippen molar-refractivity contribution in [1.29, 1.82) is 0 Å². The minimum atomic E-state index is 0.639. The van der Waals surface area contributed by atoms with Crippen molar-refractivity contribution < 1.29 is 0 Å². The lowest BCUT2D eigenvalue weighted by Crippen LogP contribution is -2.26. The lowest BCUT2D eigenvalue weighted by molar-refractivity contribution is 0.330. The topological polar surface area (TPSA) is 28.2 Å². The molecule has 100 valence electrons. The van der Waals surface area contributed by atoms with Crippen LogP contribution >= 0.6 is 0 Å². The number of hydrogen-bond acceptors (Lipinski definition) is 3. The number of nitrogens with one attached hydrogen (secondary N) is 1. The predicted molar refractivity (Wildman–Crippen MR) is 78.2 cm³/mol. The monoisotopic (exact) mass is 247 g/mol. The van der Waals surface area contributed by atoms with Crippen molar-refractivity contribution in [3.63, 3.8) is 0 Å². The molecule has 1 aliphatic carbocycles. The van der Waals surface area contributed by atoms with Gasteiger partial charge < -0.3 is 10.2 Å². The summed E-state index contributed by atoms with van der Waals surface area (Å²) in [6.07, 6.45) is 8.63. The molecule has 0 aromatic carbocycles. The summed E-state index contributed by atoms with van der Waals surface area (Å²) in [6.45, 7) is 2.31. The lowest BCUT2D eigenvalue weighted by atomic mass is 9.84. The van der Waals surface area contributed by atoms with Crippen LogP contribution in [0.1, 0.15) is 39.0 Å². The van der Waals surface area contributed by atoms with Gasteiger partial charge in [0.15, 0.2) is 0 Å². The van der Waals surface area contributed by atoms with Crippen LogP contribution in [-0.4, -0.2) is 25.1 Å². The van der Waals surface area contributed by atoms with Crippen molar-refractivity contribution >= 4 is 11.5 Å². The molecule has 2 rings (SSSR count). The van der Waals surface area contributed by atoms with Crippen molar-refractivity contribution in [1.82, 2.24) is 4.98 Å². The predicted octanol–water partition coefficient (Wildman–Crippen LogP) is 3.53. The first-order valence-corrected chi connectivity index (χ1v) is 7.09. The molecule has 0 radical (unpaired) electrons. The van der Waals surface area contributed by atoms with Crippen LogP contribution in [0, 0.1) is 5.92 Å². The minimum absolute atomic E-state index is 0.639. The average Bonchev–Trinajstić information content (AvgIpc) is 2.40. The number of hydrogen-bond donors (Lipinski definition) is 1. The summed E-state index contributed by atoms with van der Waals surface area (Å²) >= 11 is 0. The van der Waals surface area contributed by atoms with Gasteiger partial charge in [0.25, 0.3) is 0 Å². The van der Waals surface area contributed by atoms with Gasteiger partial charge in [-0.15, -0.1) is 0 Å². The van der Waals surface area contributed by atoms with Crippen LogP contribution in [0.4, 0.5) is 11.5 Å². The Hall–Kier alpha value is -1.25. The molecule has 3 nitrogen and oxygen atoms in total. The second kappa shape index (κ2) is 6.07. The van der Waals surface area contributed by atoms with Gasteiger partial charge in [-0.3, -0.25) is 0 Å². The van der Waals surface area contributed by atoms with Crippen LogP contribution in [-0.2, 0) is 0 Å². The summed E-state index contributed by atoms with van der Waals surface area (Å²) in [4.78, 5) is 6.46. The largest absolute Gasteiger partial charge is 0.381 e. The zero-order valence-corrected chi connectivity index (χ0v) is 11.8. The van der Waals surface area contributed by atoms with E-state index in [4.69, 9.17) is 0 Å². The summed E-state index contributed by atoms with van der Waals surface area (Å²) in [7, 11) is 4.03. The molecular formula is C15H25N3. The normalized spacial score (nSPS) is 23.7. The van der Waals surface area contributed by atoms with E-state index in [-0.39, 0.29) is 0 Å². The Bertz CT molecular complexity index is 351. The quantitative estimate of drug-likeness (QED) is 0.882. The Morgan fingerprint density at radius 3 is 2.44 bits per heavy atom. The summed E-state index contributed by atoms with van der Waals surface area (Å²) in [5, 5.41) is 3.61. The fraction of sp³-hybridized carbons (Fsp3) is 0.667. The first-order chi connectivity index (χ1) is 8.69. The van der Waals surface area contributed by atoms with E-state index in [1.807, 2.05) is 25.2 Å². The Morgan fingerprint density at radius 1 is 1.22 bits per heavy atom. The van der Waals surface area contributed by atoms with Crippen molar-refractivity contribution in [2.24, 2.45) is 5.92 Å². The molecule has 1 aromatic rings. The standard InChI is InChI=1S/C15H25N3/c1-4-12-5-7-13(8-6-12)17-14-9-10-15(16-11-14)18(2)3/h9-13,17H,4-8H2,1-3H3. The highest BCUT2D eigenvalue weighted by Gasteiger charge is 2.19. The second-order valence-corrected chi connectivity index (χ2v) is 5.57. The average molecular weight is 247 g/mol. The first kappa shape index (κ1) is 13.2. The van der Waals surface area contributed by atoms with Crippen LogP contribution in [0.2, 0.25) is 0 Å². The molecule has 0 bridgehead atoms. The Labute approximate surface area is 111 Å². The SMILES string of the molecule is CCC1CCC(Nc2ccc(N(C)C)nc2)CC1. The van der Waals surface area contributed by atoms with E-state index in [0.717, 1.165) is 17.4 Å². The second-order valence-electron chi connectivity index (χ2n) is 5.57. The fourth-order valence-corrected chi connectivity index (χ4v) is 2.69.